The Balaban J connectivity index is 1.71. The van der Waals surface area contributed by atoms with Crippen LogP contribution >= 0.6 is 0 Å². The van der Waals surface area contributed by atoms with Crippen LogP contribution in [0.1, 0.15) is 5.56 Å². The summed E-state index contributed by atoms with van der Waals surface area (Å²) in [6.07, 6.45) is 1.74. The van der Waals surface area contributed by atoms with Crippen molar-refractivity contribution in [2.45, 2.75) is 11.8 Å². The number of imidazole rings is 1. The lowest BCUT2D eigenvalue weighted by atomic mass is 10.2. The van der Waals surface area contributed by atoms with Gasteiger partial charge in [-0.1, -0.05) is 46.9 Å². The number of benzene rings is 3. The Hall–Kier alpha value is -3.78. The van der Waals surface area contributed by atoms with Crippen molar-refractivity contribution in [3.8, 4) is 5.82 Å². The van der Waals surface area contributed by atoms with Gasteiger partial charge in [-0.2, -0.15) is 4.57 Å². The van der Waals surface area contributed by atoms with E-state index in [-0.39, 0.29) is 10.7 Å². The molecule has 7 nitrogen and oxygen atoms in total. The second kappa shape index (κ2) is 6.93. The number of hydrogen-bond donors (Lipinski definition) is 2. The number of aryl methyl sites for hydroxylation is 1. The molecule has 0 aliphatic rings. The Kier molecular flexibility index (Phi) is 4.22. The molecule has 0 saturated heterocycles. The SMILES string of the molecule is Cc1ccc(S(=O)(=O)Nc2nc3ccccc3nc2-[n+]2c[nH]c3ccccc32)cc1. The number of hydrogen-bond acceptors (Lipinski definition) is 4. The highest BCUT2D eigenvalue weighted by Gasteiger charge is 2.24. The van der Waals surface area contributed by atoms with Crippen molar-refractivity contribution in [2.24, 2.45) is 0 Å². The third-order valence-corrected chi connectivity index (χ3v) is 6.21. The maximum Gasteiger partial charge on any atom is 0.312 e. The summed E-state index contributed by atoms with van der Waals surface area (Å²) >= 11 is 0. The largest absolute Gasteiger partial charge is 0.312 e. The molecule has 8 heteroatoms. The summed E-state index contributed by atoms with van der Waals surface area (Å²) in [4.78, 5) is 12.6. The lowest BCUT2D eigenvalue weighted by molar-refractivity contribution is -0.570. The third-order valence-electron chi connectivity index (χ3n) is 4.86. The average Bonchev–Trinajstić information content (AvgIpc) is 3.17. The Morgan fingerprint density at radius 2 is 1.53 bits per heavy atom. The minimum atomic E-state index is -3.84. The van der Waals surface area contributed by atoms with Crippen LogP contribution in [0.2, 0.25) is 0 Å². The minimum absolute atomic E-state index is 0.157. The van der Waals surface area contributed by atoms with E-state index in [2.05, 4.69) is 14.7 Å². The second-order valence-electron chi connectivity index (χ2n) is 6.96. The molecule has 30 heavy (non-hydrogen) atoms. The predicted molar refractivity (Wildman–Crippen MR) is 115 cm³/mol. The van der Waals surface area contributed by atoms with Crippen molar-refractivity contribution in [1.82, 2.24) is 15.0 Å². The minimum Gasteiger partial charge on any atom is -0.276 e. The lowest BCUT2D eigenvalue weighted by Gasteiger charge is -2.10. The first-order chi connectivity index (χ1) is 14.5. The zero-order chi connectivity index (χ0) is 20.7. The monoisotopic (exact) mass is 416 g/mol. The topological polar surface area (TPSA) is 91.6 Å². The van der Waals surface area contributed by atoms with Crippen LogP contribution < -0.4 is 9.29 Å². The zero-order valence-corrected chi connectivity index (χ0v) is 16.9. The van der Waals surface area contributed by atoms with E-state index >= 15 is 0 Å². The van der Waals surface area contributed by atoms with Crippen LogP contribution in [0.5, 0.6) is 0 Å². The molecule has 0 fully saturated rings. The van der Waals surface area contributed by atoms with Crippen LogP contribution in [0.15, 0.2) is 84.0 Å². The van der Waals surface area contributed by atoms with Crippen molar-refractivity contribution < 1.29 is 13.0 Å². The molecular formula is C22H18N5O2S+. The van der Waals surface area contributed by atoms with E-state index in [4.69, 9.17) is 4.98 Å². The molecule has 0 bridgehead atoms. The number of aromatic nitrogens is 4. The summed E-state index contributed by atoms with van der Waals surface area (Å²) < 4.78 is 30.5. The lowest BCUT2D eigenvalue weighted by Crippen LogP contribution is -2.32. The first-order valence-electron chi connectivity index (χ1n) is 9.36. The average molecular weight is 416 g/mol. The molecule has 0 spiro atoms. The molecule has 0 radical (unpaired) electrons. The third kappa shape index (κ3) is 3.17. The standard InChI is InChI=1S/C22H17N5O2S/c1-15-10-12-16(13-11-15)30(28,29)26-21-22(25-18-7-3-2-6-17(18)24-21)27-14-23-19-8-4-5-9-20(19)27/h2-14H,1H3,(H,24,26)/p+1. The summed E-state index contributed by atoms with van der Waals surface area (Å²) in [6, 6.07) is 21.7. The van der Waals surface area contributed by atoms with Gasteiger partial charge in [-0.3, -0.25) is 9.71 Å². The predicted octanol–water partition coefficient (Wildman–Crippen LogP) is 3.50. The summed E-state index contributed by atoms with van der Waals surface area (Å²) in [7, 11) is -3.84. The van der Waals surface area contributed by atoms with Gasteiger partial charge in [-0.15, -0.1) is 0 Å². The zero-order valence-electron chi connectivity index (χ0n) is 16.1. The number of para-hydroxylation sites is 4. The molecule has 148 valence electrons. The molecular weight excluding hydrogens is 398 g/mol. The number of sulfonamides is 1. The smallest absolute Gasteiger partial charge is 0.276 e. The van der Waals surface area contributed by atoms with Crippen molar-refractivity contribution in [3.05, 3.63) is 84.7 Å². The van der Waals surface area contributed by atoms with E-state index in [1.165, 1.54) is 0 Å². The number of nitrogens with one attached hydrogen (secondary N) is 2. The van der Waals surface area contributed by atoms with E-state index < -0.39 is 10.0 Å². The highest BCUT2D eigenvalue weighted by molar-refractivity contribution is 7.92. The summed E-state index contributed by atoms with van der Waals surface area (Å²) in [6.45, 7) is 1.91. The van der Waals surface area contributed by atoms with Crippen LogP contribution in [0.25, 0.3) is 27.9 Å². The fourth-order valence-electron chi connectivity index (χ4n) is 3.32. The molecule has 2 aromatic heterocycles. The molecule has 5 aromatic rings. The number of anilines is 1. The van der Waals surface area contributed by atoms with Gasteiger partial charge in [0, 0.05) is 0 Å². The number of aromatic amines is 1. The van der Waals surface area contributed by atoms with E-state index in [1.54, 1.807) is 41.2 Å². The van der Waals surface area contributed by atoms with Crippen LogP contribution in [0.4, 0.5) is 5.82 Å². The van der Waals surface area contributed by atoms with Gasteiger partial charge in [0.05, 0.1) is 4.90 Å². The highest BCUT2D eigenvalue weighted by Crippen LogP contribution is 2.22. The van der Waals surface area contributed by atoms with Gasteiger partial charge >= 0.3 is 5.82 Å². The molecule has 3 aromatic carbocycles. The van der Waals surface area contributed by atoms with Gasteiger partial charge in [0.1, 0.15) is 16.6 Å². The maximum atomic E-state index is 13.0. The van der Waals surface area contributed by atoms with E-state index in [1.807, 2.05) is 49.4 Å². The Morgan fingerprint density at radius 1 is 0.867 bits per heavy atom. The van der Waals surface area contributed by atoms with E-state index in [0.717, 1.165) is 16.6 Å². The van der Waals surface area contributed by atoms with Crippen LogP contribution in [0, 0.1) is 6.92 Å². The molecule has 0 aliphatic carbocycles. The van der Waals surface area contributed by atoms with Crippen LogP contribution in [-0.2, 0) is 10.0 Å². The fraction of sp³-hybridized carbons (Fsp3) is 0.0455. The van der Waals surface area contributed by atoms with Gasteiger partial charge in [0.25, 0.3) is 10.0 Å². The summed E-state index contributed by atoms with van der Waals surface area (Å²) in [5, 5.41) is 0. The quantitative estimate of drug-likeness (QED) is 0.439. The van der Waals surface area contributed by atoms with Crippen molar-refractivity contribution in [3.63, 3.8) is 0 Å². The normalized spacial score (nSPS) is 11.8. The Bertz CT molecular complexity index is 1490. The Labute approximate surface area is 173 Å². The van der Waals surface area contributed by atoms with Gasteiger partial charge < -0.3 is 0 Å². The number of H-pyrrole nitrogens is 1. The van der Waals surface area contributed by atoms with Gasteiger partial charge in [0.2, 0.25) is 5.82 Å². The number of fused-ring (bicyclic) bond motifs is 2. The van der Waals surface area contributed by atoms with E-state index in [0.29, 0.717) is 16.9 Å². The van der Waals surface area contributed by atoms with E-state index in [9.17, 15) is 8.42 Å². The molecule has 0 atom stereocenters. The van der Waals surface area contributed by atoms with Crippen molar-refractivity contribution in [2.75, 3.05) is 4.72 Å². The van der Waals surface area contributed by atoms with Gasteiger partial charge in [-0.05, 0) is 43.3 Å². The Morgan fingerprint density at radius 3 is 2.30 bits per heavy atom. The highest BCUT2D eigenvalue weighted by atomic mass is 32.2. The van der Waals surface area contributed by atoms with Crippen molar-refractivity contribution >= 4 is 37.9 Å². The van der Waals surface area contributed by atoms with Crippen molar-refractivity contribution in [1.29, 1.82) is 0 Å². The first-order valence-corrected chi connectivity index (χ1v) is 10.8. The fourth-order valence-corrected chi connectivity index (χ4v) is 4.32. The second-order valence-corrected chi connectivity index (χ2v) is 8.65. The molecule has 0 amide bonds. The molecule has 2 heterocycles. The van der Waals surface area contributed by atoms with Crippen LogP contribution in [0.3, 0.4) is 0 Å². The molecule has 0 saturated carbocycles. The number of nitrogens with zero attached hydrogens (tertiary/aromatic N) is 3. The molecule has 2 N–H and O–H groups in total. The molecule has 0 aliphatic heterocycles. The van der Waals surface area contributed by atoms with Gasteiger partial charge in [-0.25, -0.2) is 13.4 Å². The summed E-state index contributed by atoms with van der Waals surface area (Å²) in [5.41, 5.74) is 4.01. The van der Waals surface area contributed by atoms with Gasteiger partial charge in [0.15, 0.2) is 11.8 Å². The summed E-state index contributed by atoms with van der Waals surface area (Å²) in [5.74, 6) is 0.547. The number of rotatable bonds is 4. The molecule has 0 unspecified atom stereocenters. The maximum absolute atomic E-state index is 13.0. The van der Waals surface area contributed by atoms with Crippen LogP contribution in [-0.4, -0.2) is 23.4 Å². The first kappa shape index (κ1) is 18.3. The molecule has 5 rings (SSSR count).